The van der Waals surface area contributed by atoms with Crippen LogP contribution in [0.1, 0.15) is 5.56 Å². The second kappa shape index (κ2) is 6.48. The first kappa shape index (κ1) is 16.3. The summed E-state index contributed by atoms with van der Waals surface area (Å²) in [6.45, 7) is 1.67. The van der Waals surface area contributed by atoms with Gasteiger partial charge in [-0.25, -0.2) is 4.68 Å². The van der Waals surface area contributed by atoms with Gasteiger partial charge in [-0.1, -0.05) is 18.2 Å². The highest BCUT2D eigenvalue weighted by Gasteiger charge is 2.26. The first-order chi connectivity index (χ1) is 11.5. The molecule has 2 amide bonds. The lowest BCUT2D eigenvalue weighted by molar-refractivity contribution is -0.117. The highest BCUT2D eigenvalue weighted by atomic mass is 32.2. The Morgan fingerprint density at radius 3 is 2.83 bits per heavy atom. The second-order valence-corrected chi connectivity index (χ2v) is 6.44. The van der Waals surface area contributed by atoms with Crippen molar-refractivity contribution in [1.29, 1.82) is 0 Å². The SMILES string of the molecule is Cc1ccccc1NC(=O)Cn1ncc2c(c1=O)N(C)C(=O)CS2. The zero-order chi connectivity index (χ0) is 17.3. The van der Waals surface area contributed by atoms with Gasteiger partial charge in [-0.3, -0.25) is 14.4 Å². The monoisotopic (exact) mass is 344 g/mol. The van der Waals surface area contributed by atoms with Crippen molar-refractivity contribution in [2.45, 2.75) is 18.4 Å². The van der Waals surface area contributed by atoms with Gasteiger partial charge in [0.05, 0.1) is 16.8 Å². The van der Waals surface area contributed by atoms with Crippen LogP contribution in [0.5, 0.6) is 0 Å². The van der Waals surface area contributed by atoms with Gasteiger partial charge in [-0.05, 0) is 18.6 Å². The minimum Gasteiger partial charge on any atom is -0.324 e. The molecule has 0 bridgehead atoms. The quantitative estimate of drug-likeness (QED) is 0.906. The van der Waals surface area contributed by atoms with Crippen LogP contribution in [0, 0.1) is 6.92 Å². The summed E-state index contributed by atoms with van der Waals surface area (Å²) in [7, 11) is 1.56. The molecule has 0 saturated heterocycles. The number of fused-ring (bicyclic) bond motifs is 1. The molecule has 1 aromatic heterocycles. The normalized spacial score (nSPS) is 13.6. The summed E-state index contributed by atoms with van der Waals surface area (Å²) in [6, 6.07) is 7.38. The smallest absolute Gasteiger partial charge is 0.292 e. The molecule has 1 aromatic carbocycles. The van der Waals surface area contributed by atoms with Gasteiger partial charge >= 0.3 is 0 Å². The van der Waals surface area contributed by atoms with E-state index in [4.69, 9.17) is 0 Å². The average molecular weight is 344 g/mol. The third-order valence-electron chi connectivity index (χ3n) is 3.76. The molecule has 1 N–H and O–H groups in total. The number of para-hydroxylation sites is 1. The van der Waals surface area contributed by atoms with Crippen LogP contribution in [0.25, 0.3) is 0 Å². The van der Waals surface area contributed by atoms with E-state index in [2.05, 4.69) is 10.4 Å². The maximum Gasteiger partial charge on any atom is 0.292 e. The number of benzene rings is 1. The standard InChI is InChI=1S/C16H16N4O3S/c1-10-5-3-4-6-11(10)18-13(21)8-20-16(23)15-12(7-17-20)24-9-14(22)19(15)2/h3-7H,8-9H2,1-2H3,(H,18,21). The molecule has 24 heavy (non-hydrogen) atoms. The van der Waals surface area contributed by atoms with Crippen molar-refractivity contribution < 1.29 is 9.59 Å². The lowest BCUT2D eigenvalue weighted by Crippen LogP contribution is -2.40. The molecule has 2 heterocycles. The minimum absolute atomic E-state index is 0.147. The summed E-state index contributed by atoms with van der Waals surface area (Å²) in [5.74, 6) is -0.217. The predicted molar refractivity (Wildman–Crippen MR) is 92.4 cm³/mol. The number of carbonyl (C=O) groups excluding carboxylic acids is 2. The van der Waals surface area contributed by atoms with Crippen molar-refractivity contribution in [2.24, 2.45) is 0 Å². The number of hydrogen-bond donors (Lipinski definition) is 1. The Morgan fingerprint density at radius 2 is 2.08 bits per heavy atom. The van der Waals surface area contributed by atoms with Gasteiger partial charge in [0.15, 0.2) is 0 Å². The zero-order valence-electron chi connectivity index (χ0n) is 13.3. The molecular weight excluding hydrogens is 328 g/mol. The molecule has 8 heteroatoms. The van der Waals surface area contributed by atoms with Gasteiger partial charge in [0.2, 0.25) is 11.8 Å². The zero-order valence-corrected chi connectivity index (χ0v) is 14.1. The average Bonchev–Trinajstić information content (AvgIpc) is 2.55. The number of amides is 2. The second-order valence-electron chi connectivity index (χ2n) is 5.42. The molecular formula is C16H16N4O3S. The van der Waals surface area contributed by atoms with Gasteiger partial charge in [0.1, 0.15) is 12.2 Å². The number of anilines is 2. The number of nitrogens with zero attached hydrogens (tertiary/aromatic N) is 3. The summed E-state index contributed by atoms with van der Waals surface area (Å²) in [4.78, 5) is 38.5. The molecule has 0 unspecified atom stereocenters. The van der Waals surface area contributed by atoms with E-state index in [1.54, 1.807) is 13.1 Å². The first-order valence-corrected chi connectivity index (χ1v) is 8.31. The number of aryl methyl sites for hydroxylation is 1. The third-order valence-corrected chi connectivity index (χ3v) is 4.76. The third kappa shape index (κ3) is 3.05. The fraction of sp³-hybridized carbons (Fsp3) is 0.250. The van der Waals surface area contributed by atoms with Crippen molar-refractivity contribution >= 4 is 35.0 Å². The fourth-order valence-electron chi connectivity index (χ4n) is 2.39. The van der Waals surface area contributed by atoms with E-state index in [0.29, 0.717) is 10.6 Å². The van der Waals surface area contributed by atoms with Gasteiger partial charge in [0.25, 0.3) is 5.56 Å². The molecule has 0 atom stereocenters. The number of carbonyl (C=O) groups is 2. The van der Waals surface area contributed by atoms with Gasteiger partial charge in [-0.15, -0.1) is 11.8 Å². The lowest BCUT2D eigenvalue weighted by Gasteiger charge is -2.24. The molecule has 0 saturated carbocycles. The van der Waals surface area contributed by atoms with Crippen molar-refractivity contribution in [3.05, 3.63) is 46.4 Å². The summed E-state index contributed by atoms with van der Waals surface area (Å²) < 4.78 is 1.07. The Balaban J connectivity index is 1.84. The van der Waals surface area contributed by atoms with E-state index in [1.165, 1.54) is 22.9 Å². The van der Waals surface area contributed by atoms with Crippen molar-refractivity contribution in [3.63, 3.8) is 0 Å². The summed E-state index contributed by atoms with van der Waals surface area (Å²) in [5.41, 5.74) is 1.44. The molecule has 124 valence electrons. The van der Waals surface area contributed by atoms with E-state index in [0.717, 1.165) is 10.2 Å². The van der Waals surface area contributed by atoms with E-state index in [9.17, 15) is 14.4 Å². The molecule has 0 aliphatic carbocycles. The summed E-state index contributed by atoms with van der Waals surface area (Å²) in [5, 5.41) is 6.80. The van der Waals surface area contributed by atoms with E-state index < -0.39 is 5.56 Å². The van der Waals surface area contributed by atoms with Crippen molar-refractivity contribution in [1.82, 2.24) is 9.78 Å². The van der Waals surface area contributed by atoms with Gasteiger partial charge < -0.3 is 10.2 Å². The maximum absolute atomic E-state index is 12.5. The Bertz CT molecular complexity index is 878. The molecule has 3 rings (SSSR count). The number of hydrogen-bond acceptors (Lipinski definition) is 5. The topological polar surface area (TPSA) is 84.3 Å². The van der Waals surface area contributed by atoms with E-state index in [1.807, 2.05) is 25.1 Å². The van der Waals surface area contributed by atoms with Crippen LogP contribution >= 0.6 is 11.8 Å². The van der Waals surface area contributed by atoms with Crippen molar-refractivity contribution in [2.75, 3.05) is 23.0 Å². The largest absolute Gasteiger partial charge is 0.324 e. The summed E-state index contributed by atoms with van der Waals surface area (Å²) in [6.07, 6.45) is 1.52. The van der Waals surface area contributed by atoms with Crippen molar-refractivity contribution in [3.8, 4) is 0 Å². The highest BCUT2D eigenvalue weighted by Crippen LogP contribution is 2.30. The molecule has 0 radical (unpaired) electrons. The van der Waals surface area contributed by atoms with E-state index in [-0.39, 0.29) is 29.8 Å². The molecule has 1 aliphatic rings. The fourth-order valence-corrected chi connectivity index (χ4v) is 3.35. The van der Waals surface area contributed by atoms with Crippen LogP contribution in [-0.2, 0) is 16.1 Å². The Kier molecular flexibility index (Phi) is 4.39. The van der Waals surface area contributed by atoms with Crippen LogP contribution in [0.3, 0.4) is 0 Å². The van der Waals surface area contributed by atoms with Crippen LogP contribution < -0.4 is 15.8 Å². The highest BCUT2D eigenvalue weighted by molar-refractivity contribution is 8.00. The molecule has 7 nitrogen and oxygen atoms in total. The summed E-state index contributed by atoms with van der Waals surface area (Å²) >= 11 is 1.28. The Labute approximate surface area is 142 Å². The van der Waals surface area contributed by atoms with Gasteiger partial charge in [-0.2, -0.15) is 5.10 Å². The number of rotatable bonds is 3. The molecule has 1 aliphatic heterocycles. The van der Waals surface area contributed by atoms with Crippen LogP contribution in [0.2, 0.25) is 0 Å². The maximum atomic E-state index is 12.5. The number of nitrogens with one attached hydrogen (secondary N) is 1. The molecule has 0 fully saturated rings. The molecule has 0 spiro atoms. The number of thioether (sulfide) groups is 1. The van der Waals surface area contributed by atoms with Crippen LogP contribution in [0.15, 0.2) is 40.2 Å². The Hall–Kier alpha value is -2.61. The first-order valence-electron chi connectivity index (χ1n) is 7.32. The lowest BCUT2D eigenvalue weighted by atomic mass is 10.2. The Morgan fingerprint density at radius 1 is 1.33 bits per heavy atom. The van der Waals surface area contributed by atoms with Crippen LogP contribution in [-0.4, -0.2) is 34.4 Å². The van der Waals surface area contributed by atoms with E-state index >= 15 is 0 Å². The van der Waals surface area contributed by atoms with Gasteiger partial charge in [0, 0.05) is 12.7 Å². The molecule has 2 aromatic rings. The number of aromatic nitrogens is 2. The van der Waals surface area contributed by atoms with Crippen LogP contribution in [0.4, 0.5) is 11.4 Å². The predicted octanol–water partition coefficient (Wildman–Crippen LogP) is 1.26. The minimum atomic E-state index is -0.449.